The lowest BCUT2D eigenvalue weighted by Crippen LogP contribution is -3.00. The molecule has 7 aliphatic rings. The number of hydrogen-bond acceptors (Lipinski definition) is 30. The maximum absolute atomic E-state index is 13.1. The van der Waals surface area contributed by atoms with Crippen LogP contribution < -0.4 is 48.8 Å². The van der Waals surface area contributed by atoms with Crippen molar-refractivity contribution >= 4 is 127 Å². The van der Waals surface area contributed by atoms with Crippen molar-refractivity contribution in [2.24, 2.45) is 4.99 Å². The molecule has 12 rings (SSSR count). The monoisotopic (exact) mass is 1960 g/mol. The number of nitrogens with two attached hydrogens (primary N) is 2. The van der Waals surface area contributed by atoms with E-state index in [4.69, 9.17) is 88.2 Å². The number of carbonyl (C=O) groups excluding carboxylic acids is 9. The van der Waals surface area contributed by atoms with Gasteiger partial charge in [-0.3, -0.25) is 42.9 Å². The molecule has 41 nitrogen and oxygen atoms in total. The summed E-state index contributed by atoms with van der Waals surface area (Å²) in [5.74, 6) is -2.67. The van der Waals surface area contributed by atoms with Crippen molar-refractivity contribution in [3.63, 3.8) is 0 Å². The summed E-state index contributed by atoms with van der Waals surface area (Å²) in [6.07, 6.45) is -0.398. The minimum Gasteiger partial charge on any atom is -1.00 e. The molecule has 0 spiro atoms. The number of β-amino-alcohol motifs (C(OH)–C–C–N with tert-alkyl or cyclic N) is 1. The Morgan fingerprint density at radius 2 is 0.874 bits per heavy atom. The average Bonchev–Trinajstić information content (AvgIpc) is 1.66. The van der Waals surface area contributed by atoms with Crippen molar-refractivity contribution in [2.75, 3.05) is 198 Å². The molecule has 9 N–H and O–H groups in total. The first-order valence-electron chi connectivity index (χ1n) is 43.3. The van der Waals surface area contributed by atoms with Crippen molar-refractivity contribution in [1.29, 1.82) is 0 Å². The quantitative estimate of drug-likeness (QED) is 0.00965. The molecule has 7 aliphatic heterocycles. The summed E-state index contributed by atoms with van der Waals surface area (Å²) in [4.78, 5) is 141. The zero-order valence-electron chi connectivity index (χ0n) is 78.7. The number of aliphatic carboxylic acids is 2. The number of nitrogens with one attached hydrogen (secondary N) is 2. The fourth-order valence-corrected chi connectivity index (χ4v) is 14.5. The predicted octanol–water partition coefficient (Wildman–Crippen LogP) is 4.23. The Kier molecular flexibility index (Phi) is 48.9. The van der Waals surface area contributed by atoms with Gasteiger partial charge in [0.1, 0.15) is 67.4 Å². The summed E-state index contributed by atoms with van der Waals surface area (Å²) in [7, 11) is 2.64. The SMILES string of the molecule is CC(C)(C)OC(=O)N1C[C@H](O)C[C@@H]1C(=O)O.COCCOS(=O)(=O)c1ccc(C)cc1.COCCO[C@@H]1C[C@H](C(=O)Nc2ccc(N3CCOCC3=O)cc2)N(C(=O)OC(C)(C)C)C1.COCCO[C@@H]1C[C@H](C(=O)O)N(C(=O)OC(C)(C)C)C1.COCCO[C@H]1C[NH2+][C@@H](C(=O)Nc2ccc(N3CCOCC3=O)cc2)C1.Nc1ccc(N2CCOCC2=O)cc1.O=C=Nc1ccc(Cl)cc1.[Cl-]. The standard InChI is InChI=1S/C23H33N3O7.C18H25N3O5.C13H23NO6.C10H12N2O2.C10H17NO5.C10H14O4S.C7H4ClNO.ClH/c1-23(2,3)33-22(29)26-14-18(32-12-11-30-4)13-19(26)21(28)24-16-5-7-17(8-6-16)25-9-10-31-15-20(25)27;1-24-8-9-26-15-10-16(19-11-15)18(23)20-13-2-4-14(5-3-13)21-6-7-25-12-17(21)22;1-13(2,3)20-12(17)14-8-9(19-6-5-18-4)7-10(14)11(15)16;11-8-1-3-9(4-2-8)12-5-6-14-7-10(12)13;1-10(2,3)16-9(15)11-5-6(12)4-7(11)8(13)14;1-9-3-5-10(6-4-9)15(11,12)14-8-7-13-2;8-6-1-3-7(4-2-6)9-5-10;/h5-8,18-19H,9-15H2,1-4H3,(H,24,28);2-5,15-16,19H,6-12H2,1H3,(H,20,23);9-10H,5-8H2,1-4H3,(H,15,16);1-4H,5-7,11H2;6-7,12H,4-5H2,1-3H3,(H,13,14);3-6H,7-8H2,1-2H3;1-4H;1H/t18-,19-;15-,16-;9-,10-;;6-,7-;;;/m111.1.../s1. The van der Waals surface area contributed by atoms with Crippen LogP contribution in [0, 0.1) is 6.92 Å². The number of benzene rings is 5. The van der Waals surface area contributed by atoms with Gasteiger partial charge < -0.3 is 126 Å². The number of nitrogen functional groups attached to an aromatic ring is 1. The number of ether oxygens (including phenoxy) is 13. The topological polar surface area (TPSA) is 510 Å². The molecule has 5 aromatic rings. The second kappa shape index (κ2) is 57.4. The van der Waals surface area contributed by atoms with Crippen molar-refractivity contribution in [3.8, 4) is 0 Å². The normalized spacial score (nSPS) is 19.8. The molecule has 5 aromatic carbocycles. The number of aliphatic imine (C=N–C) groups is 1. The Morgan fingerprint density at radius 3 is 1.27 bits per heavy atom. The summed E-state index contributed by atoms with van der Waals surface area (Å²) in [5.41, 5.74) is 9.55. The lowest BCUT2D eigenvalue weighted by atomic mass is 10.1. The molecule has 0 saturated carbocycles. The first-order valence-corrected chi connectivity index (χ1v) is 45.1. The highest BCUT2D eigenvalue weighted by molar-refractivity contribution is 7.86. The molecule has 135 heavy (non-hydrogen) atoms. The molecule has 8 amide bonds. The number of isocyanates is 1. The maximum Gasteiger partial charge on any atom is 0.411 e. The molecule has 0 bridgehead atoms. The predicted molar refractivity (Wildman–Crippen MR) is 491 cm³/mol. The first-order chi connectivity index (χ1) is 63.4. The Morgan fingerprint density at radius 1 is 0.504 bits per heavy atom. The fraction of sp³-hybridized carbons (Fsp3) is 0.549. The third-order valence-corrected chi connectivity index (χ3v) is 21.5. The molecule has 748 valence electrons. The van der Waals surface area contributed by atoms with Crippen LogP contribution >= 0.6 is 11.6 Å². The third-order valence-electron chi connectivity index (χ3n) is 19.9. The number of carboxylic acids is 2. The minimum absolute atomic E-state index is 0. The van der Waals surface area contributed by atoms with E-state index in [2.05, 4.69) is 15.6 Å². The van der Waals surface area contributed by atoms with Crippen LogP contribution in [0.1, 0.15) is 93.6 Å². The van der Waals surface area contributed by atoms with Gasteiger partial charge in [0.05, 0.1) is 121 Å². The van der Waals surface area contributed by atoms with E-state index in [1.807, 2.05) is 48.6 Å². The highest BCUT2D eigenvalue weighted by Gasteiger charge is 2.45. The number of nitrogens with zero attached hydrogens (tertiary/aromatic N) is 7. The van der Waals surface area contributed by atoms with E-state index in [9.17, 15) is 71.4 Å². The highest BCUT2D eigenvalue weighted by atomic mass is 35.5. The smallest absolute Gasteiger partial charge is 0.411 e. The molecule has 8 atom stereocenters. The van der Waals surface area contributed by atoms with E-state index in [0.29, 0.717) is 114 Å². The van der Waals surface area contributed by atoms with Crippen LogP contribution in [0.3, 0.4) is 0 Å². The van der Waals surface area contributed by atoms with Crippen LogP contribution in [0.5, 0.6) is 0 Å². The number of anilines is 6. The number of hydrogen-bond donors (Lipinski definition) is 7. The number of amides is 8. The average molecular weight is 1960 g/mol. The molecule has 0 unspecified atom stereocenters. The van der Waals surface area contributed by atoms with Crippen LogP contribution in [-0.2, 0) is 114 Å². The third kappa shape index (κ3) is 41.1. The maximum atomic E-state index is 13.1. The number of quaternary nitrogens is 1. The summed E-state index contributed by atoms with van der Waals surface area (Å²) in [6, 6.07) is 31.9. The van der Waals surface area contributed by atoms with E-state index < -0.39 is 81.4 Å². The summed E-state index contributed by atoms with van der Waals surface area (Å²) in [5, 5.41) is 35.9. The molecular weight excluding hydrogens is 1830 g/mol. The molecule has 0 radical (unpaired) electrons. The van der Waals surface area contributed by atoms with Gasteiger partial charge in [0.15, 0.2) is 6.04 Å². The van der Waals surface area contributed by atoms with Gasteiger partial charge in [-0.2, -0.15) is 13.4 Å². The Hall–Kier alpha value is -10.6. The molecular formula is C91H129Cl2N11O30S. The number of aliphatic hydroxyl groups is 1. The van der Waals surface area contributed by atoms with Gasteiger partial charge in [-0.15, -0.1) is 0 Å². The van der Waals surface area contributed by atoms with E-state index >= 15 is 0 Å². The van der Waals surface area contributed by atoms with Crippen LogP contribution in [0.4, 0.5) is 54.2 Å². The number of aliphatic hydroxyl groups excluding tert-OH is 1. The number of methoxy groups -OCH3 is 4. The zero-order chi connectivity index (χ0) is 98.9. The largest absolute Gasteiger partial charge is 1.00 e. The lowest BCUT2D eigenvalue weighted by molar-refractivity contribution is -0.659. The van der Waals surface area contributed by atoms with Gasteiger partial charge in [-0.1, -0.05) is 29.3 Å². The number of aryl methyl sites for hydroxylation is 1. The van der Waals surface area contributed by atoms with E-state index in [1.165, 1.54) is 35.1 Å². The van der Waals surface area contributed by atoms with Gasteiger partial charge in [0.2, 0.25) is 12.0 Å². The van der Waals surface area contributed by atoms with Crippen LogP contribution in [0.25, 0.3) is 0 Å². The van der Waals surface area contributed by atoms with Crippen molar-refractivity contribution < 1.29 is 160 Å². The lowest BCUT2D eigenvalue weighted by Gasteiger charge is -2.28. The van der Waals surface area contributed by atoms with Crippen LogP contribution in [0.15, 0.2) is 131 Å². The highest BCUT2D eigenvalue weighted by Crippen LogP contribution is 2.30. The molecule has 7 heterocycles. The summed E-state index contributed by atoms with van der Waals surface area (Å²) < 4.78 is 95.5. The number of carbonyl (C=O) groups is 10. The molecule has 0 aliphatic carbocycles. The number of rotatable bonds is 27. The van der Waals surface area contributed by atoms with Gasteiger partial charge in [-0.05, 0) is 178 Å². The Balaban J connectivity index is 0.000000287. The second-order valence-electron chi connectivity index (χ2n) is 34.0. The van der Waals surface area contributed by atoms with E-state index in [1.54, 1.807) is 171 Å². The second-order valence-corrected chi connectivity index (χ2v) is 36.0. The first kappa shape index (κ1) is 115. The summed E-state index contributed by atoms with van der Waals surface area (Å²) in [6.45, 7) is 25.4. The minimum atomic E-state index is -3.63. The van der Waals surface area contributed by atoms with Crippen LogP contribution in [0.2, 0.25) is 5.02 Å². The summed E-state index contributed by atoms with van der Waals surface area (Å²) >= 11 is 5.57. The van der Waals surface area contributed by atoms with Gasteiger partial charge in [0, 0.05) is 113 Å². The van der Waals surface area contributed by atoms with E-state index in [0.717, 1.165) is 39.8 Å². The van der Waals surface area contributed by atoms with Gasteiger partial charge in [0.25, 0.3) is 33.7 Å². The Bertz CT molecular complexity index is 4720. The molecule has 7 saturated heterocycles. The number of halogens is 2. The Labute approximate surface area is 797 Å². The molecule has 0 aromatic heterocycles. The van der Waals surface area contributed by atoms with Crippen molar-refractivity contribution in [2.45, 2.75) is 165 Å². The molecule has 7 fully saturated rings. The van der Waals surface area contributed by atoms with Gasteiger partial charge >= 0.3 is 30.2 Å². The number of morpholine rings is 3. The van der Waals surface area contributed by atoms with Crippen LogP contribution in [-0.4, -0.2) is 336 Å². The number of likely N-dealkylation sites (tertiary alicyclic amines) is 3. The zero-order valence-corrected chi connectivity index (χ0v) is 81.0. The fourth-order valence-electron chi connectivity index (χ4n) is 13.5. The van der Waals surface area contributed by atoms with Crippen molar-refractivity contribution in [3.05, 3.63) is 132 Å². The molecule has 44 heteroatoms. The van der Waals surface area contributed by atoms with E-state index in [-0.39, 0.29) is 137 Å². The van der Waals surface area contributed by atoms with Crippen molar-refractivity contribution in [1.82, 2.24) is 14.7 Å². The number of carboxylic acid groups (broad SMARTS) is 2. The van der Waals surface area contributed by atoms with Gasteiger partial charge in [-0.25, -0.2) is 28.8 Å².